The van der Waals surface area contributed by atoms with E-state index in [4.69, 9.17) is 0 Å². The first-order chi connectivity index (χ1) is 13.8. The van der Waals surface area contributed by atoms with Crippen LogP contribution in [0.2, 0.25) is 0 Å². The number of benzene rings is 2. The van der Waals surface area contributed by atoms with Crippen LogP contribution in [-0.4, -0.2) is 47.1 Å². The number of aromatic hydroxyl groups is 1. The molecule has 5 nitrogen and oxygen atoms in total. The van der Waals surface area contributed by atoms with E-state index in [-0.39, 0.29) is 17.2 Å². The fourth-order valence-electron chi connectivity index (χ4n) is 3.45. The van der Waals surface area contributed by atoms with Crippen LogP contribution in [0.15, 0.2) is 54.7 Å². The van der Waals surface area contributed by atoms with Crippen molar-refractivity contribution in [3.05, 3.63) is 65.9 Å². The summed E-state index contributed by atoms with van der Waals surface area (Å²) in [6.07, 6.45) is -3.60. The molecule has 0 spiro atoms. The number of fused-ring (bicyclic) bond motifs is 1. The van der Waals surface area contributed by atoms with Crippen molar-refractivity contribution in [3.8, 4) is 5.75 Å². The Bertz CT molecular complexity index is 1040. The molecule has 0 atom stereocenters. The van der Waals surface area contributed by atoms with Gasteiger partial charge in [-0.15, -0.1) is 0 Å². The number of carbonyl (C=O) groups is 1. The van der Waals surface area contributed by atoms with Gasteiger partial charge in [-0.3, -0.25) is 4.79 Å². The Hall–Kier alpha value is -3.29. The Morgan fingerprint density at radius 1 is 0.966 bits per heavy atom. The van der Waals surface area contributed by atoms with E-state index in [9.17, 15) is 23.1 Å². The van der Waals surface area contributed by atoms with Gasteiger partial charge in [0.25, 0.3) is 5.91 Å². The van der Waals surface area contributed by atoms with E-state index >= 15 is 0 Å². The van der Waals surface area contributed by atoms with Gasteiger partial charge in [0, 0.05) is 32.4 Å². The third-order valence-electron chi connectivity index (χ3n) is 5.06. The topological polar surface area (TPSA) is 56.7 Å². The fourth-order valence-corrected chi connectivity index (χ4v) is 3.45. The third-order valence-corrected chi connectivity index (χ3v) is 5.06. The normalized spacial score (nSPS) is 15.0. The van der Waals surface area contributed by atoms with Gasteiger partial charge in [-0.2, -0.15) is 13.2 Å². The standard InChI is InChI=1S/C21H18F3N3O2/c22-21(23,24)16-5-6-19(25-13-16)26-7-9-27(10-8-26)20(29)17-11-14-3-1-2-4-15(14)12-18(17)28/h1-6,11-13,28H,7-10H2. The van der Waals surface area contributed by atoms with Crippen LogP contribution in [-0.2, 0) is 6.18 Å². The zero-order valence-electron chi connectivity index (χ0n) is 15.4. The highest BCUT2D eigenvalue weighted by Gasteiger charge is 2.31. The lowest BCUT2D eigenvalue weighted by molar-refractivity contribution is -0.137. The number of phenolic OH excluding ortho intramolecular Hbond substituents is 1. The SMILES string of the molecule is O=C(c1cc2ccccc2cc1O)N1CCN(c2ccc(C(F)(F)F)cn2)CC1. The second kappa shape index (κ2) is 7.27. The Kier molecular flexibility index (Phi) is 4.77. The largest absolute Gasteiger partial charge is 0.507 e. The molecule has 1 saturated heterocycles. The van der Waals surface area contributed by atoms with E-state index in [2.05, 4.69) is 4.98 Å². The van der Waals surface area contributed by atoms with Crippen molar-refractivity contribution < 1.29 is 23.1 Å². The summed E-state index contributed by atoms with van der Waals surface area (Å²) < 4.78 is 38.0. The number of anilines is 1. The summed E-state index contributed by atoms with van der Waals surface area (Å²) in [5, 5.41) is 12.0. The summed E-state index contributed by atoms with van der Waals surface area (Å²) in [5.74, 6) is 0.104. The van der Waals surface area contributed by atoms with Gasteiger partial charge in [0.2, 0.25) is 0 Å². The highest BCUT2D eigenvalue weighted by molar-refractivity contribution is 6.01. The van der Waals surface area contributed by atoms with E-state index in [1.165, 1.54) is 6.07 Å². The molecule has 0 unspecified atom stereocenters. The lowest BCUT2D eigenvalue weighted by Crippen LogP contribution is -2.49. The maximum Gasteiger partial charge on any atom is 0.417 e. The zero-order chi connectivity index (χ0) is 20.6. The van der Waals surface area contributed by atoms with Gasteiger partial charge < -0.3 is 14.9 Å². The molecule has 1 aliphatic heterocycles. The number of piperazine rings is 1. The molecule has 2 aromatic carbocycles. The smallest absolute Gasteiger partial charge is 0.417 e. The van der Waals surface area contributed by atoms with Crippen LogP contribution in [0.3, 0.4) is 0 Å². The second-order valence-electron chi connectivity index (χ2n) is 6.90. The molecule has 150 valence electrons. The van der Waals surface area contributed by atoms with E-state index in [0.29, 0.717) is 32.0 Å². The molecule has 0 bridgehead atoms. The number of pyridine rings is 1. The van der Waals surface area contributed by atoms with Gasteiger partial charge >= 0.3 is 6.18 Å². The van der Waals surface area contributed by atoms with Crippen LogP contribution in [0.25, 0.3) is 10.8 Å². The summed E-state index contributed by atoms with van der Waals surface area (Å²) in [5.41, 5.74) is -0.549. The Labute approximate surface area is 165 Å². The highest BCUT2D eigenvalue weighted by Crippen LogP contribution is 2.30. The quantitative estimate of drug-likeness (QED) is 0.707. The molecular weight excluding hydrogens is 383 g/mol. The van der Waals surface area contributed by atoms with E-state index in [1.807, 2.05) is 29.2 Å². The van der Waals surface area contributed by atoms with Crippen LogP contribution in [0.1, 0.15) is 15.9 Å². The molecule has 0 radical (unpaired) electrons. The second-order valence-corrected chi connectivity index (χ2v) is 6.90. The summed E-state index contributed by atoms with van der Waals surface area (Å²) >= 11 is 0. The minimum Gasteiger partial charge on any atom is -0.507 e. The van der Waals surface area contributed by atoms with Gasteiger partial charge in [0.05, 0.1) is 11.1 Å². The zero-order valence-corrected chi connectivity index (χ0v) is 15.4. The van der Waals surface area contributed by atoms with Gasteiger partial charge in [-0.05, 0) is 35.0 Å². The van der Waals surface area contributed by atoms with Crippen molar-refractivity contribution in [2.45, 2.75) is 6.18 Å². The number of halogens is 3. The minimum atomic E-state index is -4.42. The van der Waals surface area contributed by atoms with E-state index in [0.717, 1.165) is 23.0 Å². The Balaban J connectivity index is 1.46. The number of hydrogen-bond donors (Lipinski definition) is 1. The Morgan fingerprint density at radius 2 is 1.62 bits per heavy atom. The number of hydrogen-bond acceptors (Lipinski definition) is 4. The summed E-state index contributed by atoms with van der Waals surface area (Å²) in [6.45, 7) is 1.65. The average Bonchev–Trinajstić information content (AvgIpc) is 2.72. The molecule has 3 aromatic rings. The molecule has 1 N–H and O–H groups in total. The number of amides is 1. The van der Waals surface area contributed by atoms with Gasteiger partial charge in [-0.25, -0.2) is 4.98 Å². The molecule has 1 aromatic heterocycles. The molecule has 4 rings (SSSR count). The highest BCUT2D eigenvalue weighted by atomic mass is 19.4. The first-order valence-corrected chi connectivity index (χ1v) is 9.12. The molecule has 0 aliphatic carbocycles. The molecule has 0 saturated carbocycles. The van der Waals surface area contributed by atoms with Crippen LogP contribution >= 0.6 is 0 Å². The number of phenols is 1. The van der Waals surface area contributed by atoms with Crippen LogP contribution in [0, 0.1) is 0 Å². The molecule has 29 heavy (non-hydrogen) atoms. The van der Waals surface area contributed by atoms with Gasteiger partial charge in [0.15, 0.2) is 0 Å². The maximum absolute atomic E-state index is 12.9. The number of aromatic nitrogens is 1. The first kappa shape index (κ1) is 19.0. The van der Waals surface area contributed by atoms with Crippen molar-refractivity contribution in [1.29, 1.82) is 0 Å². The van der Waals surface area contributed by atoms with Crippen molar-refractivity contribution >= 4 is 22.5 Å². The van der Waals surface area contributed by atoms with E-state index < -0.39 is 11.7 Å². The fraction of sp³-hybridized carbons (Fsp3) is 0.238. The maximum atomic E-state index is 12.9. The average molecular weight is 401 g/mol. The van der Waals surface area contributed by atoms with Gasteiger partial charge in [0.1, 0.15) is 11.6 Å². The number of alkyl halides is 3. The summed E-state index contributed by atoms with van der Waals surface area (Å²) in [7, 11) is 0. The monoisotopic (exact) mass is 401 g/mol. The summed E-state index contributed by atoms with van der Waals surface area (Å²) in [6, 6.07) is 13.1. The van der Waals surface area contributed by atoms with Crippen LogP contribution < -0.4 is 4.90 Å². The lowest BCUT2D eigenvalue weighted by atomic mass is 10.0. The predicted octanol–water partition coefficient (Wildman–Crippen LogP) is 3.92. The predicted molar refractivity (Wildman–Crippen MR) is 103 cm³/mol. The van der Waals surface area contributed by atoms with Gasteiger partial charge in [-0.1, -0.05) is 24.3 Å². The van der Waals surface area contributed by atoms with Crippen molar-refractivity contribution in [2.24, 2.45) is 0 Å². The molecule has 1 amide bonds. The lowest BCUT2D eigenvalue weighted by Gasteiger charge is -2.35. The molecule has 1 fully saturated rings. The number of carbonyl (C=O) groups excluding carboxylic acids is 1. The van der Waals surface area contributed by atoms with E-state index in [1.54, 1.807) is 17.0 Å². The summed E-state index contributed by atoms with van der Waals surface area (Å²) in [4.78, 5) is 20.2. The molecular formula is C21H18F3N3O2. The van der Waals surface area contributed by atoms with Crippen molar-refractivity contribution in [3.63, 3.8) is 0 Å². The minimum absolute atomic E-state index is 0.0689. The third kappa shape index (κ3) is 3.83. The first-order valence-electron chi connectivity index (χ1n) is 9.12. The Morgan fingerprint density at radius 3 is 2.21 bits per heavy atom. The number of nitrogens with zero attached hydrogens (tertiary/aromatic N) is 3. The van der Waals surface area contributed by atoms with Crippen LogP contribution in [0.5, 0.6) is 5.75 Å². The molecule has 8 heteroatoms. The van der Waals surface area contributed by atoms with Crippen molar-refractivity contribution in [2.75, 3.05) is 31.1 Å². The molecule has 2 heterocycles. The van der Waals surface area contributed by atoms with Crippen LogP contribution in [0.4, 0.5) is 19.0 Å². The number of rotatable bonds is 2. The van der Waals surface area contributed by atoms with Crippen molar-refractivity contribution in [1.82, 2.24) is 9.88 Å². The molecule has 1 aliphatic rings.